The van der Waals surface area contributed by atoms with Gasteiger partial charge < -0.3 is 0 Å². The lowest BCUT2D eigenvalue weighted by Crippen LogP contribution is -2.39. The maximum Gasteiger partial charge on any atom is 0.405 e. The number of halogens is 4. The molecule has 0 saturated heterocycles. The third-order valence-corrected chi connectivity index (χ3v) is 4.63. The first-order valence-corrected chi connectivity index (χ1v) is 7.38. The SMILES string of the molecule is CC=CCC1(C(F)(F)F)C=C(c2ccc(Cl)cc2)SC1=O. The van der Waals surface area contributed by atoms with E-state index in [0.29, 0.717) is 27.3 Å². The second-order valence-corrected chi connectivity index (χ2v) is 6.10. The zero-order valence-corrected chi connectivity index (χ0v) is 12.6. The molecule has 0 aromatic heterocycles. The average Bonchev–Trinajstić information content (AvgIpc) is 2.75. The molecule has 0 spiro atoms. The molecule has 112 valence electrons. The van der Waals surface area contributed by atoms with Crippen molar-refractivity contribution in [2.45, 2.75) is 19.5 Å². The Morgan fingerprint density at radius 3 is 2.43 bits per heavy atom. The highest BCUT2D eigenvalue weighted by molar-refractivity contribution is 8.22. The fourth-order valence-electron chi connectivity index (χ4n) is 2.02. The van der Waals surface area contributed by atoms with Crippen LogP contribution < -0.4 is 0 Å². The number of hydrogen-bond acceptors (Lipinski definition) is 2. The Hall–Kier alpha value is -1.20. The predicted octanol–water partition coefficient (Wildman–Crippen LogP) is 5.47. The lowest BCUT2D eigenvalue weighted by atomic mass is 9.84. The number of rotatable bonds is 3. The summed E-state index contributed by atoms with van der Waals surface area (Å²) >= 11 is 6.40. The van der Waals surface area contributed by atoms with E-state index in [-0.39, 0.29) is 6.42 Å². The van der Waals surface area contributed by atoms with Gasteiger partial charge in [0.2, 0.25) is 5.12 Å². The lowest BCUT2D eigenvalue weighted by molar-refractivity contribution is -0.199. The number of alkyl halides is 3. The van der Waals surface area contributed by atoms with E-state index in [4.69, 9.17) is 11.6 Å². The van der Waals surface area contributed by atoms with Gasteiger partial charge in [-0.25, -0.2) is 0 Å². The van der Waals surface area contributed by atoms with Crippen molar-refractivity contribution in [2.75, 3.05) is 0 Å². The Morgan fingerprint density at radius 2 is 1.90 bits per heavy atom. The summed E-state index contributed by atoms with van der Waals surface area (Å²) in [6, 6.07) is 6.39. The van der Waals surface area contributed by atoms with Crippen molar-refractivity contribution in [2.24, 2.45) is 5.41 Å². The van der Waals surface area contributed by atoms with Crippen LogP contribution >= 0.6 is 23.4 Å². The summed E-state index contributed by atoms with van der Waals surface area (Å²) in [5.41, 5.74) is -1.89. The Morgan fingerprint density at radius 1 is 1.29 bits per heavy atom. The van der Waals surface area contributed by atoms with Gasteiger partial charge in [-0.05, 0) is 37.1 Å². The van der Waals surface area contributed by atoms with E-state index in [0.717, 1.165) is 6.08 Å². The number of carbonyl (C=O) groups excluding carboxylic acids is 1. The molecule has 1 unspecified atom stereocenters. The van der Waals surface area contributed by atoms with Gasteiger partial charge in [-0.2, -0.15) is 13.2 Å². The van der Waals surface area contributed by atoms with E-state index in [2.05, 4.69) is 0 Å². The third kappa shape index (κ3) is 3.04. The second-order valence-electron chi connectivity index (χ2n) is 4.65. The predicted molar refractivity (Wildman–Crippen MR) is 79.9 cm³/mol. The first kappa shape index (κ1) is 16.2. The van der Waals surface area contributed by atoms with E-state index in [1.54, 1.807) is 31.2 Å². The minimum Gasteiger partial charge on any atom is -0.285 e. The summed E-state index contributed by atoms with van der Waals surface area (Å²) in [6.07, 6.45) is -1.09. The standard InChI is InChI=1S/C15H12ClF3OS/c1-2-3-8-14(15(17,18)19)9-12(21-13(14)20)10-4-6-11(16)7-5-10/h2-7,9H,8H2,1H3. The molecule has 0 fully saturated rings. The van der Waals surface area contributed by atoms with Crippen molar-refractivity contribution in [3.05, 3.63) is 53.1 Å². The van der Waals surface area contributed by atoms with Crippen LogP contribution in [0.2, 0.25) is 5.02 Å². The van der Waals surface area contributed by atoms with Crippen LogP contribution in [0.3, 0.4) is 0 Å². The van der Waals surface area contributed by atoms with Crippen LogP contribution in [0.15, 0.2) is 42.5 Å². The van der Waals surface area contributed by atoms with Crippen LogP contribution in [0.25, 0.3) is 4.91 Å². The summed E-state index contributed by atoms with van der Waals surface area (Å²) in [4.78, 5) is 12.3. The van der Waals surface area contributed by atoms with Crippen LogP contribution in [-0.2, 0) is 4.79 Å². The molecule has 1 heterocycles. The maximum atomic E-state index is 13.4. The second kappa shape index (κ2) is 5.89. The fourth-order valence-corrected chi connectivity index (χ4v) is 3.30. The topological polar surface area (TPSA) is 17.1 Å². The molecular weight excluding hydrogens is 321 g/mol. The molecule has 0 aliphatic carbocycles. The zero-order valence-electron chi connectivity index (χ0n) is 11.1. The fraction of sp³-hybridized carbons (Fsp3) is 0.267. The molecule has 1 aromatic carbocycles. The molecule has 2 rings (SSSR count). The Labute approximate surface area is 129 Å². The normalized spacial score (nSPS) is 22.9. The van der Waals surface area contributed by atoms with Crippen molar-refractivity contribution in [3.63, 3.8) is 0 Å². The number of carbonyl (C=O) groups is 1. The quantitative estimate of drug-likeness (QED) is 0.683. The van der Waals surface area contributed by atoms with Gasteiger partial charge in [0.15, 0.2) is 5.41 Å². The minimum atomic E-state index is -4.62. The van der Waals surface area contributed by atoms with Crippen LogP contribution in [0.5, 0.6) is 0 Å². The van der Waals surface area contributed by atoms with Gasteiger partial charge in [-0.3, -0.25) is 4.79 Å². The van der Waals surface area contributed by atoms with Crippen molar-refractivity contribution in [1.82, 2.24) is 0 Å². The van der Waals surface area contributed by atoms with E-state index >= 15 is 0 Å². The lowest BCUT2D eigenvalue weighted by Gasteiger charge is -2.26. The molecule has 6 heteroatoms. The summed E-state index contributed by atoms with van der Waals surface area (Å²) < 4.78 is 40.2. The Bertz CT molecular complexity index is 604. The van der Waals surface area contributed by atoms with Crippen LogP contribution in [0.1, 0.15) is 18.9 Å². The van der Waals surface area contributed by atoms with Crippen LogP contribution in [0.4, 0.5) is 13.2 Å². The molecule has 0 N–H and O–H groups in total. The molecule has 0 amide bonds. The Kier molecular flexibility index (Phi) is 4.54. The van der Waals surface area contributed by atoms with Gasteiger partial charge in [0, 0.05) is 9.93 Å². The first-order chi connectivity index (χ1) is 9.80. The van der Waals surface area contributed by atoms with Gasteiger partial charge in [-0.1, -0.05) is 47.6 Å². The molecule has 1 atom stereocenters. The summed E-state index contributed by atoms with van der Waals surface area (Å²) in [5, 5.41) is -0.400. The molecule has 0 bridgehead atoms. The van der Waals surface area contributed by atoms with Crippen LogP contribution in [0, 0.1) is 5.41 Å². The summed E-state index contributed by atoms with van der Waals surface area (Å²) in [7, 11) is 0. The van der Waals surface area contributed by atoms with Gasteiger partial charge in [0.05, 0.1) is 0 Å². The van der Waals surface area contributed by atoms with Gasteiger partial charge in [-0.15, -0.1) is 0 Å². The molecule has 0 saturated carbocycles. The van der Waals surface area contributed by atoms with Crippen molar-refractivity contribution in [1.29, 1.82) is 0 Å². The highest BCUT2D eigenvalue weighted by Crippen LogP contribution is 2.55. The molecular formula is C15H12ClF3OS. The molecule has 1 aliphatic rings. The average molecular weight is 333 g/mol. The molecule has 0 radical (unpaired) electrons. The number of benzene rings is 1. The zero-order chi connectivity index (χ0) is 15.7. The van der Waals surface area contributed by atoms with Crippen molar-refractivity contribution < 1.29 is 18.0 Å². The van der Waals surface area contributed by atoms with E-state index < -0.39 is 16.7 Å². The highest BCUT2D eigenvalue weighted by atomic mass is 35.5. The first-order valence-electron chi connectivity index (χ1n) is 6.19. The van der Waals surface area contributed by atoms with Crippen LogP contribution in [-0.4, -0.2) is 11.3 Å². The smallest absolute Gasteiger partial charge is 0.285 e. The molecule has 21 heavy (non-hydrogen) atoms. The highest BCUT2D eigenvalue weighted by Gasteiger charge is 2.60. The van der Waals surface area contributed by atoms with Gasteiger partial charge in [0.25, 0.3) is 0 Å². The number of hydrogen-bond donors (Lipinski definition) is 0. The van der Waals surface area contributed by atoms with Gasteiger partial charge >= 0.3 is 6.18 Å². The van der Waals surface area contributed by atoms with E-state index in [1.165, 1.54) is 12.2 Å². The van der Waals surface area contributed by atoms with Crippen molar-refractivity contribution >= 4 is 33.4 Å². The maximum absolute atomic E-state index is 13.4. The third-order valence-electron chi connectivity index (χ3n) is 3.25. The minimum absolute atomic E-state index is 0.318. The summed E-state index contributed by atoms with van der Waals surface area (Å²) in [6.45, 7) is 1.63. The molecule has 1 aromatic rings. The summed E-state index contributed by atoms with van der Waals surface area (Å²) in [5.74, 6) is 0. The monoisotopic (exact) mass is 332 g/mol. The Balaban J connectivity index is 2.46. The van der Waals surface area contributed by atoms with Crippen molar-refractivity contribution in [3.8, 4) is 0 Å². The van der Waals surface area contributed by atoms with E-state index in [9.17, 15) is 18.0 Å². The van der Waals surface area contributed by atoms with E-state index in [1.807, 2.05) is 0 Å². The molecule has 1 nitrogen and oxygen atoms in total. The van der Waals surface area contributed by atoms with Gasteiger partial charge in [0.1, 0.15) is 0 Å². The molecule has 1 aliphatic heterocycles. The number of thioether (sulfide) groups is 1. The largest absolute Gasteiger partial charge is 0.405 e. The number of allylic oxidation sites excluding steroid dienone is 3.